The predicted molar refractivity (Wildman–Crippen MR) is 71.7 cm³/mol. The van der Waals surface area contributed by atoms with Crippen LogP contribution in [0.1, 0.15) is 27.7 Å². The largest absolute Gasteiger partial charge is 0.352 e. The molecule has 2 unspecified atom stereocenters. The maximum Gasteiger partial charge on any atom is 0.312 e. The van der Waals surface area contributed by atoms with E-state index in [0.717, 1.165) is 5.75 Å². The number of thioether (sulfide) groups is 2. The molecule has 0 aromatic rings. The van der Waals surface area contributed by atoms with Crippen LogP contribution >= 0.6 is 23.5 Å². The van der Waals surface area contributed by atoms with Gasteiger partial charge in [-0.15, -0.1) is 0 Å². The number of hydrogen-bond donors (Lipinski definition) is 2. The van der Waals surface area contributed by atoms with Crippen molar-refractivity contribution in [3.63, 3.8) is 0 Å². The average Bonchev–Trinajstić information content (AvgIpc) is 2.10. The van der Waals surface area contributed by atoms with Gasteiger partial charge in [-0.25, -0.2) is 4.79 Å². The zero-order chi connectivity index (χ0) is 11.8. The lowest BCUT2D eigenvalue weighted by Gasteiger charge is -2.20. The molecule has 0 saturated carbocycles. The van der Waals surface area contributed by atoms with E-state index in [2.05, 4.69) is 33.0 Å². The predicted octanol–water partition coefficient (Wildman–Crippen LogP) is 2.31. The summed E-state index contributed by atoms with van der Waals surface area (Å²) >= 11 is 3.87. The van der Waals surface area contributed by atoms with Crippen molar-refractivity contribution in [2.45, 2.75) is 43.4 Å². The van der Waals surface area contributed by atoms with Gasteiger partial charge in [0.05, 0.1) is 0 Å². The minimum absolute atomic E-state index is 0.437. The second-order valence-corrected chi connectivity index (χ2v) is 7.20. The molecule has 0 aliphatic heterocycles. The fraction of sp³-hybridized carbons (Fsp3) is 0.900. The highest BCUT2D eigenvalue weighted by molar-refractivity contribution is 8.04. The van der Waals surface area contributed by atoms with Gasteiger partial charge in [-0.2, -0.15) is 23.5 Å². The summed E-state index contributed by atoms with van der Waals surface area (Å²) < 4.78 is 0. The number of urea groups is 1. The molecule has 0 spiro atoms. The molecule has 3 nitrogen and oxygen atoms in total. The molecule has 0 radical (unpaired) electrons. The van der Waals surface area contributed by atoms with Gasteiger partial charge in [0.15, 0.2) is 0 Å². The molecule has 2 atom stereocenters. The summed E-state index contributed by atoms with van der Waals surface area (Å²) in [6.07, 6.45) is 0. The number of rotatable bonds is 7. The minimum atomic E-state index is -0.437. The lowest BCUT2D eigenvalue weighted by molar-refractivity contribution is 0.249. The molecule has 0 aromatic heterocycles. The van der Waals surface area contributed by atoms with Gasteiger partial charge in [-0.3, -0.25) is 0 Å². The first-order valence-electron chi connectivity index (χ1n) is 5.23. The molecule has 0 saturated heterocycles. The summed E-state index contributed by atoms with van der Waals surface area (Å²) in [7, 11) is 0. The average molecular weight is 250 g/mol. The summed E-state index contributed by atoms with van der Waals surface area (Å²) in [6, 6.07) is -0.437. The Balaban J connectivity index is 3.55. The molecule has 0 aliphatic rings. The van der Waals surface area contributed by atoms with E-state index in [4.69, 9.17) is 5.73 Å². The summed E-state index contributed by atoms with van der Waals surface area (Å²) in [4.78, 5) is 10.4. The van der Waals surface area contributed by atoms with Crippen LogP contribution in [0.3, 0.4) is 0 Å². The molecule has 0 aromatic carbocycles. The zero-order valence-electron chi connectivity index (χ0n) is 9.95. The molecule has 0 rings (SSSR count). The fourth-order valence-corrected chi connectivity index (χ4v) is 3.47. The van der Waals surface area contributed by atoms with Gasteiger partial charge in [0.1, 0.15) is 0 Å². The SMILES string of the molecule is CC(C)SC(C)C(C)SCCNC(N)=O. The Kier molecular flexibility index (Phi) is 8.14. The van der Waals surface area contributed by atoms with Crippen LogP contribution in [0.5, 0.6) is 0 Å². The van der Waals surface area contributed by atoms with Gasteiger partial charge < -0.3 is 11.1 Å². The number of nitrogens with one attached hydrogen (secondary N) is 1. The van der Waals surface area contributed by atoms with Crippen LogP contribution in [0.4, 0.5) is 4.79 Å². The van der Waals surface area contributed by atoms with Crippen molar-refractivity contribution in [1.82, 2.24) is 5.32 Å². The van der Waals surface area contributed by atoms with E-state index in [9.17, 15) is 4.79 Å². The third-order valence-electron chi connectivity index (χ3n) is 1.93. The molecular weight excluding hydrogens is 228 g/mol. The van der Waals surface area contributed by atoms with Gasteiger partial charge in [0, 0.05) is 22.8 Å². The monoisotopic (exact) mass is 250 g/mol. The Bertz CT molecular complexity index is 188. The molecule has 3 N–H and O–H groups in total. The Morgan fingerprint density at radius 3 is 2.33 bits per heavy atom. The second-order valence-electron chi connectivity index (χ2n) is 3.76. The van der Waals surface area contributed by atoms with E-state index in [0.29, 0.717) is 22.3 Å². The lowest BCUT2D eigenvalue weighted by atomic mass is 10.4. The van der Waals surface area contributed by atoms with Crippen LogP contribution in [0.15, 0.2) is 0 Å². The number of carbonyl (C=O) groups is 1. The summed E-state index contributed by atoms with van der Waals surface area (Å²) in [6.45, 7) is 9.57. The van der Waals surface area contributed by atoms with Gasteiger partial charge >= 0.3 is 6.03 Å². The highest BCUT2D eigenvalue weighted by Gasteiger charge is 2.14. The van der Waals surface area contributed by atoms with E-state index < -0.39 is 6.03 Å². The highest BCUT2D eigenvalue weighted by atomic mass is 32.2. The third-order valence-corrected chi connectivity index (χ3v) is 4.86. The van der Waals surface area contributed by atoms with Crippen LogP contribution in [0.25, 0.3) is 0 Å². The van der Waals surface area contributed by atoms with Crippen LogP contribution in [0.2, 0.25) is 0 Å². The van der Waals surface area contributed by atoms with E-state index in [1.807, 2.05) is 23.5 Å². The van der Waals surface area contributed by atoms with Gasteiger partial charge in [-0.05, 0) is 5.25 Å². The van der Waals surface area contributed by atoms with Gasteiger partial charge in [-0.1, -0.05) is 27.7 Å². The van der Waals surface area contributed by atoms with Crippen molar-refractivity contribution >= 4 is 29.6 Å². The molecule has 2 amide bonds. The van der Waals surface area contributed by atoms with Crippen molar-refractivity contribution < 1.29 is 4.79 Å². The first-order chi connectivity index (χ1) is 6.93. The van der Waals surface area contributed by atoms with E-state index in [1.54, 1.807) is 0 Å². The summed E-state index contributed by atoms with van der Waals surface area (Å²) in [5.74, 6) is 0.924. The topological polar surface area (TPSA) is 55.1 Å². The molecular formula is C10H22N2OS2. The summed E-state index contributed by atoms with van der Waals surface area (Å²) in [5, 5.41) is 4.51. The third kappa shape index (κ3) is 8.93. The van der Waals surface area contributed by atoms with Crippen molar-refractivity contribution in [3.05, 3.63) is 0 Å². The first-order valence-corrected chi connectivity index (χ1v) is 7.23. The number of nitrogens with two attached hydrogens (primary N) is 1. The minimum Gasteiger partial charge on any atom is -0.352 e. The summed E-state index contributed by atoms with van der Waals surface area (Å²) in [5.41, 5.74) is 4.97. The number of carbonyl (C=O) groups excluding carboxylic acids is 1. The molecule has 5 heteroatoms. The quantitative estimate of drug-likeness (QED) is 0.682. The van der Waals surface area contributed by atoms with Crippen molar-refractivity contribution in [3.8, 4) is 0 Å². The Morgan fingerprint density at radius 2 is 1.87 bits per heavy atom. The second kappa shape index (κ2) is 8.16. The van der Waals surface area contributed by atoms with Gasteiger partial charge in [0.25, 0.3) is 0 Å². The lowest BCUT2D eigenvalue weighted by Crippen LogP contribution is -2.31. The van der Waals surface area contributed by atoms with Crippen LogP contribution in [0, 0.1) is 0 Å². The molecule has 90 valence electrons. The number of hydrogen-bond acceptors (Lipinski definition) is 3. The number of amides is 2. The first kappa shape index (κ1) is 15.0. The smallest absolute Gasteiger partial charge is 0.312 e. The Hall–Kier alpha value is -0.0300. The van der Waals surface area contributed by atoms with Crippen LogP contribution in [-0.2, 0) is 0 Å². The fourth-order valence-electron chi connectivity index (χ4n) is 1.09. The highest BCUT2D eigenvalue weighted by Crippen LogP contribution is 2.26. The number of primary amides is 1. The maximum absolute atomic E-state index is 10.4. The maximum atomic E-state index is 10.4. The Morgan fingerprint density at radius 1 is 1.27 bits per heavy atom. The van der Waals surface area contributed by atoms with Crippen molar-refractivity contribution in [2.24, 2.45) is 5.73 Å². The van der Waals surface area contributed by atoms with Crippen LogP contribution < -0.4 is 11.1 Å². The van der Waals surface area contributed by atoms with Crippen LogP contribution in [-0.4, -0.2) is 34.1 Å². The van der Waals surface area contributed by atoms with E-state index in [1.165, 1.54) is 0 Å². The zero-order valence-corrected chi connectivity index (χ0v) is 11.6. The Labute approximate surface area is 101 Å². The van der Waals surface area contributed by atoms with Crippen molar-refractivity contribution in [1.29, 1.82) is 0 Å². The standard InChI is InChI=1S/C10H22N2OS2/c1-7(2)15-9(4)8(3)14-6-5-12-10(11)13/h7-9H,5-6H2,1-4H3,(H3,11,12,13). The normalized spacial score (nSPS) is 15.0. The molecule has 0 heterocycles. The molecule has 15 heavy (non-hydrogen) atoms. The molecule has 0 aliphatic carbocycles. The van der Waals surface area contributed by atoms with E-state index >= 15 is 0 Å². The molecule has 0 fully saturated rings. The van der Waals surface area contributed by atoms with Gasteiger partial charge in [0.2, 0.25) is 0 Å². The van der Waals surface area contributed by atoms with Crippen molar-refractivity contribution in [2.75, 3.05) is 12.3 Å². The van der Waals surface area contributed by atoms with E-state index in [-0.39, 0.29) is 0 Å². The molecule has 0 bridgehead atoms.